The maximum Gasteiger partial charge on any atom is 0.331 e. The fourth-order valence-corrected chi connectivity index (χ4v) is 2.09. The highest BCUT2D eigenvalue weighted by Crippen LogP contribution is 2.16. The van der Waals surface area contributed by atoms with E-state index >= 15 is 0 Å². The van der Waals surface area contributed by atoms with Crippen LogP contribution in [0.4, 0.5) is 11.4 Å². The molecule has 1 N–H and O–H groups in total. The summed E-state index contributed by atoms with van der Waals surface area (Å²) in [7, 11) is 1.54. The molecule has 0 radical (unpaired) electrons. The molecule has 0 saturated heterocycles. The summed E-state index contributed by atoms with van der Waals surface area (Å²) < 4.78 is 10.1. The van der Waals surface area contributed by atoms with E-state index in [1.807, 2.05) is 0 Å². The van der Waals surface area contributed by atoms with Gasteiger partial charge in [-0.3, -0.25) is 14.9 Å². The third-order valence-electron chi connectivity index (χ3n) is 3.51. The fraction of sp³-hybridized carbons (Fsp3) is 0.158. The van der Waals surface area contributed by atoms with Crippen molar-refractivity contribution in [3.63, 3.8) is 0 Å². The molecule has 2 aromatic carbocycles. The lowest BCUT2D eigenvalue weighted by Gasteiger charge is -2.12. The Labute approximate surface area is 155 Å². The minimum Gasteiger partial charge on any atom is -0.497 e. The number of amides is 1. The Hall–Kier alpha value is -3.68. The van der Waals surface area contributed by atoms with Gasteiger partial charge in [-0.1, -0.05) is 12.1 Å². The van der Waals surface area contributed by atoms with E-state index in [9.17, 15) is 19.7 Å². The summed E-state index contributed by atoms with van der Waals surface area (Å²) in [6.45, 7) is 1.44. The monoisotopic (exact) mass is 370 g/mol. The summed E-state index contributed by atoms with van der Waals surface area (Å²) in [5, 5.41) is 13.4. The van der Waals surface area contributed by atoms with E-state index in [0.29, 0.717) is 17.0 Å². The lowest BCUT2D eigenvalue weighted by molar-refractivity contribution is -0.384. The van der Waals surface area contributed by atoms with E-state index in [2.05, 4.69) is 5.32 Å². The standard InChI is InChI=1S/C19H18N2O6/c1-13(19(23)20-15-7-9-17(26-2)10-8-15)27-18(22)11-6-14-4-3-5-16(12-14)21(24)25/h3-13H,1-2H3,(H,20,23). The van der Waals surface area contributed by atoms with Gasteiger partial charge in [0.15, 0.2) is 6.10 Å². The van der Waals surface area contributed by atoms with Crippen molar-refractivity contribution in [3.05, 3.63) is 70.3 Å². The average Bonchev–Trinajstić information content (AvgIpc) is 2.67. The minimum absolute atomic E-state index is 0.0854. The van der Waals surface area contributed by atoms with Crippen LogP contribution in [0.15, 0.2) is 54.6 Å². The van der Waals surface area contributed by atoms with Gasteiger partial charge in [0.1, 0.15) is 5.75 Å². The first-order chi connectivity index (χ1) is 12.9. The van der Waals surface area contributed by atoms with Crippen molar-refractivity contribution >= 4 is 29.3 Å². The first-order valence-corrected chi connectivity index (χ1v) is 7.97. The lowest BCUT2D eigenvalue weighted by atomic mass is 10.2. The highest BCUT2D eigenvalue weighted by atomic mass is 16.6. The Balaban J connectivity index is 1.91. The lowest BCUT2D eigenvalue weighted by Crippen LogP contribution is -2.29. The maximum atomic E-state index is 12.1. The number of rotatable bonds is 7. The number of hydrogen-bond donors (Lipinski definition) is 1. The molecular weight excluding hydrogens is 352 g/mol. The van der Waals surface area contributed by atoms with Crippen LogP contribution < -0.4 is 10.1 Å². The van der Waals surface area contributed by atoms with E-state index in [-0.39, 0.29) is 5.69 Å². The smallest absolute Gasteiger partial charge is 0.331 e. The van der Waals surface area contributed by atoms with E-state index < -0.39 is 22.9 Å². The fourth-order valence-electron chi connectivity index (χ4n) is 2.09. The van der Waals surface area contributed by atoms with Crippen molar-refractivity contribution in [2.75, 3.05) is 12.4 Å². The molecule has 8 nitrogen and oxygen atoms in total. The number of carbonyl (C=O) groups is 2. The van der Waals surface area contributed by atoms with Crippen LogP contribution in [0.3, 0.4) is 0 Å². The molecule has 0 fully saturated rings. The van der Waals surface area contributed by atoms with Crippen molar-refractivity contribution < 1.29 is 24.0 Å². The molecule has 0 bridgehead atoms. The summed E-state index contributed by atoms with van der Waals surface area (Å²) in [4.78, 5) is 34.1. The van der Waals surface area contributed by atoms with E-state index in [4.69, 9.17) is 9.47 Å². The van der Waals surface area contributed by atoms with Gasteiger partial charge in [0.05, 0.1) is 12.0 Å². The number of nitrogens with one attached hydrogen (secondary N) is 1. The van der Waals surface area contributed by atoms with Crippen LogP contribution in [-0.2, 0) is 14.3 Å². The summed E-state index contributed by atoms with van der Waals surface area (Å²) >= 11 is 0. The Bertz CT molecular complexity index is 861. The second kappa shape index (κ2) is 9.14. The molecule has 2 aromatic rings. The van der Waals surface area contributed by atoms with E-state index in [1.165, 1.54) is 38.3 Å². The number of methoxy groups -OCH3 is 1. The molecule has 0 aliphatic rings. The van der Waals surface area contributed by atoms with Gasteiger partial charge in [0.2, 0.25) is 0 Å². The molecule has 1 atom stereocenters. The number of nitro groups is 1. The van der Waals surface area contributed by atoms with Gasteiger partial charge >= 0.3 is 5.97 Å². The normalized spacial score (nSPS) is 11.6. The largest absolute Gasteiger partial charge is 0.497 e. The Kier molecular flexibility index (Phi) is 6.65. The molecule has 27 heavy (non-hydrogen) atoms. The molecule has 1 amide bonds. The van der Waals surface area contributed by atoms with Crippen molar-refractivity contribution in [1.29, 1.82) is 0 Å². The zero-order valence-corrected chi connectivity index (χ0v) is 14.7. The van der Waals surface area contributed by atoms with Gasteiger partial charge in [0.25, 0.3) is 11.6 Å². The number of nitrogens with zero attached hydrogens (tertiary/aromatic N) is 1. The van der Waals surface area contributed by atoms with Gasteiger partial charge in [-0.15, -0.1) is 0 Å². The van der Waals surface area contributed by atoms with Gasteiger partial charge in [-0.25, -0.2) is 4.79 Å². The van der Waals surface area contributed by atoms with Gasteiger partial charge in [-0.05, 0) is 42.8 Å². The summed E-state index contributed by atoms with van der Waals surface area (Å²) in [5.41, 5.74) is 0.921. The molecular formula is C19H18N2O6. The van der Waals surface area contributed by atoms with Crippen LogP contribution in [0, 0.1) is 10.1 Å². The predicted octanol–water partition coefficient (Wildman–Crippen LogP) is 3.19. The number of non-ortho nitro benzene ring substituents is 1. The molecule has 0 aliphatic carbocycles. The summed E-state index contributed by atoms with van der Waals surface area (Å²) in [6.07, 6.45) is 1.47. The first-order valence-electron chi connectivity index (χ1n) is 7.97. The minimum atomic E-state index is -1.02. The molecule has 0 saturated carbocycles. The number of anilines is 1. The second-order valence-corrected chi connectivity index (χ2v) is 5.48. The Morgan fingerprint density at radius 2 is 1.89 bits per heavy atom. The molecule has 0 heterocycles. The quantitative estimate of drug-likeness (QED) is 0.347. The first kappa shape index (κ1) is 19.6. The predicted molar refractivity (Wildman–Crippen MR) is 99.3 cm³/mol. The second-order valence-electron chi connectivity index (χ2n) is 5.48. The number of hydrogen-bond acceptors (Lipinski definition) is 6. The van der Waals surface area contributed by atoms with Crippen LogP contribution in [0.2, 0.25) is 0 Å². The van der Waals surface area contributed by atoms with E-state index in [1.54, 1.807) is 30.3 Å². The van der Waals surface area contributed by atoms with Crippen molar-refractivity contribution in [2.24, 2.45) is 0 Å². The number of carbonyl (C=O) groups excluding carboxylic acids is 2. The number of benzene rings is 2. The third-order valence-corrected chi connectivity index (χ3v) is 3.51. The summed E-state index contributed by atoms with van der Waals surface area (Å²) in [6, 6.07) is 12.5. The molecule has 8 heteroatoms. The van der Waals surface area contributed by atoms with Crippen LogP contribution in [0.5, 0.6) is 5.75 Å². The van der Waals surface area contributed by atoms with Crippen LogP contribution >= 0.6 is 0 Å². The third kappa shape index (κ3) is 5.96. The van der Waals surface area contributed by atoms with Crippen molar-refractivity contribution in [2.45, 2.75) is 13.0 Å². The summed E-state index contributed by atoms with van der Waals surface area (Å²) in [5.74, 6) is -0.574. The zero-order chi connectivity index (χ0) is 19.8. The molecule has 0 spiro atoms. The molecule has 0 aliphatic heterocycles. The Morgan fingerprint density at radius 3 is 2.52 bits per heavy atom. The highest BCUT2D eigenvalue weighted by Gasteiger charge is 2.16. The molecule has 2 rings (SSSR count). The van der Waals surface area contributed by atoms with Gasteiger partial charge < -0.3 is 14.8 Å². The zero-order valence-electron chi connectivity index (χ0n) is 14.7. The van der Waals surface area contributed by atoms with Crippen LogP contribution in [-0.4, -0.2) is 30.0 Å². The maximum absolute atomic E-state index is 12.1. The number of nitro benzene ring substituents is 1. The topological polar surface area (TPSA) is 108 Å². The SMILES string of the molecule is COc1ccc(NC(=O)C(C)OC(=O)C=Cc2cccc([N+](=O)[O-])c2)cc1. The van der Waals surface area contributed by atoms with Crippen LogP contribution in [0.1, 0.15) is 12.5 Å². The van der Waals surface area contributed by atoms with Crippen LogP contribution in [0.25, 0.3) is 6.08 Å². The van der Waals surface area contributed by atoms with Gasteiger partial charge in [-0.2, -0.15) is 0 Å². The number of esters is 1. The van der Waals surface area contributed by atoms with E-state index in [0.717, 1.165) is 6.08 Å². The molecule has 1 unspecified atom stereocenters. The van der Waals surface area contributed by atoms with Crippen molar-refractivity contribution in [3.8, 4) is 5.75 Å². The number of ether oxygens (including phenoxy) is 2. The highest BCUT2D eigenvalue weighted by molar-refractivity contribution is 5.96. The Morgan fingerprint density at radius 1 is 1.19 bits per heavy atom. The van der Waals surface area contributed by atoms with Gasteiger partial charge in [0, 0.05) is 23.9 Å². The molecule has 0 aromatic heterocycles. The average molecular weight is 370 g/mol. The molecule has 140 valence electrons. The van der Waals surface area contributed by atoms with Crippen molar-refractivity contribution in [1.82, 2.24) is 0 Å².